The first kappa shape index (κ1) is 15.2. The zero-order valence-corrected chi connectivity index (χ0v) is 13.1. The van der Waals surface area contributed by atoms with Gasteiger partial charge in [-0.2, -0.15) is 0 Å². The molecule has 0 saturated carbocycles. The van der Waals surface area contributed by atoms with Gasteiger partial charge in [-0.05, 0) is 0 Å². The number of ether oxygens (including phenoxy) is 2. The van der Waals surface area contributed by atoms with Crippen molar-refractivity contribution in [2.75, 3.05) is 52.5 Å². The lowest BCUT2D eigenvalue weighted by Gasteiger charge is -2.18. The molecule has 0 bridgehead atoms. The van der Waals surface area contributed by atoms with Gasteiger partial charge in [0, 0.05) is 52.5 Å². The normalized spacial score (nSPS) is 11.3. The Labute approximate surface area is 123 Å². The Morgan fingerprint density at radius 1 is 1.35 bits per heavy atom. The molecule has 6 nitrogen and oxygen atoms in total. The Morgan fingerprint density at radius 2 is 2.15 bits per heavy atom. The predicted octanol–water partition coefficient (Wildman–Crippen LogP) is 1.21. The molecule has 2 rings (SSSR count). The van der Waals surface area contributed by atoms with Crippen LogP contribution in [0.4, 0.5) is 5.82 Å². The number of anilines is 1. The molecule has 0 atom stereocenters. The van der Waals surface area contributed by atoms with Crippen molar-refractivity contribution in [2.24, 2.45) is 0 Å². The zero-order valence-electron chi connectivity index (χ0n) is 12.3. The lowest BCUT2D eigenvalue weighted by molar-refractivity contribution is 0.199. The monoisotopic (exact) mass is 298 g/mol. The van der Waals surface area contributed by atoms with Crippen molar-refractivity contribution in [3.63, 3.8) is 0 Å². The molecule has 2 heterocycles. The average Bonchev–Trinajstić information content (AvgIpc) is 3.02. The lowest BCUT2D eigenvalue weighted by atomic mass is 10.3. The maximum absolute atomic E-state index is 5.14. The number of thiazole rings is 1. The zero-order chi connectivity index (χ0) is 14.4. The highest BCUT2D eigenvalue weighted by Gasteiger charge is 2.16. The van der Waals surface area contributed by atoms with Crippen molar-refractivity contribution in [3.8, 4) is 0 Å². The van der Waals surface area contributed by atoms with Gasteiger partial charge in [-0.15, -0.1) is 11.3 Å². The van der Waals surface area contributed by atoms with Crippen LogP contribution in [0.3, 0.4) is 0 Å². The third-order valence-electron chi connectivity index (χ3n) is 3.11. The van der Waals surface area contributed by atoms with Gasteiger partial charge in [-0.1, -0.05) is 0 Å². The molecule has 0 fully saturated rings. The van der Waals surface area contributed by atoms with Crippen LogP contribution in [-0.4, -0.2) is 57.0 Å². The molecular weight excluding hydrogens is 276 g/mol. The molecule has 0 aliphatic rings. The molecule has 112 valence electrons. The number of methoxy groups -OCH3 is 2. The minimum atomic E-state index is 0.693. The molecule has 0 unspecified atom stereocenters. The summed E-state index contributed by atoms with van der Waals surface area (Å²) in [5.74, 6) is 1.01. The van der Waals surface area contributed by atoms with Crippen LogP contribution < -0.4 is 10.2 Å². The van der Waals surface area contributed by atoms with Crippen LogP contribution in [0.5, 0.6) is 0 Å². The van der Waals surface area contributed by atoms with Gasteiger partial charge in [0.1, 0.15) is 0 Å². The molecule has 7 heteroatoms. The SMILES string of the molecule is COCCNCc1c(N(C)CCOC)nc2sccn12. The molecule has 0 aliphatic carbocycles. The highest BCUT2D eigenvalue weighted by molar-refractivity contribution is 7.15. The summed E-state index contributed by atoms with van der Waals surface area (Å²) in [5, 5.41) is 5.44. The average molecular weight is 298 g/mol. The number of nitrogens with one attached hydrogen (secondary N) is 1. The molecule has 0 spiro atoms. The van der Waals surface area contributed by atoms with Crippen molar-refractivity contribution < 1.29 is 9.47 Å². The molecular formula is C13H22N4O2S. The summed E-state index contributed by atoms with van der Waals surface area (Å²) in [4.78, 5) is 7.86. The smallest absolute Gasteiger partial charge is 0.195 e. The van der Waals surface area contributed by atoms with Gasteiger partial charge in [0.05, 0.1) is 18.9 Å². The van der Waals surface area contributed by atoms with E-state index in [9.17, 15) is 0 Å². The van der Waals surface area contributed by atoms with Crippen LogP contribution in [0.25, 0.3) is 4.96 Å². The number of aromatic nitrogens is 2. The second-order valence-corrected chi connectivity index (χ2v) is 5.39. The number of rotatable bonds is 9. The van der Waals surface area contributed by atoms with E-state index in [2.05, 4.69) is 26.2 Å². The first-order valence-corrected chi connectivity index (χ1v) is 7.50. The molecule has 20 heavy (non-hydrogen) atoms. The molecule has 0 radical (unpaired) electrons. The number of hydrogen-bond acceptors (Lipinski definition) is 6. The minimum absolute atomic E-state index is 0.693. The maximum Gasteiger partial charge on any atom is 0.195 e. The standard InChI is InChI=1S/C13H22N4O2S/c1-16(5-8-19-3)12-11(10-14-4-7-18-2)17-6-9-20-13(17)15-12/h6,9,14H,4-5,7-8,10H2,1-3H3. The Bertz CT molecular complexity index is 525. The van der Waals surface area contributed by atoms with E-state index < -0.39 is 0 Å². The molecule has 0 saturated heterocycles. The van der Waals surface area contributed by atoms with Crippen LogP contribution in [0, 0.1) is 0 Å². The van der Waals surface area contributed by atoms with Crippen LogP contribution in [0.1, 0.15) is 5.69 Å². The number of fused-ring (bicyclic) bond motifs is 1. The van der Waals surface area contributed by atoms with Crippen LogP contribution >= 0.6 is 11.3 Å². The molecule has 1 N–H and O–H groups in total. The fourth-order valence-corrected chi connectivity index (χ4v) is 2.73. The van der Waals surface area contributed by atoms with Gasteiger partial charge in [0.2, 0.25) is 0 Å². The van der Waals surface area contributed by atoms with Gasteiger partial charge < -0.3 is 19.7 Å². The van der Waals surface area contributed by atoms with Crippen molar-refractivity contribution in [1.82, 2.24) is 14.7 Å². The van der Waals surface area contributed by atoms with E-state index in [-0.39, 0.29) is 0 Å². The maximum atomic E-state index is 5.14. The third-order valence-corrected chi connectivity index (χ3v) is 3.86. The van der Waals surface area contributed by atoms with Gasteiger partial charge in [0.15, 0.2) is 10.8 Å². The number of likely N-dealkylation sites (N-methyl/N-ethyl adjacent to an activating group) is 1. The quantitative estimate of drug-likeness (QED) is 0.705. The number of hydrogen-bond donors (Lipinski definition) is 1. The third kappa shape index (κ3) is 3.49. The van der Waals surface area contributed by atoms with E-state index in [1.807, 2.05) is 7.05 Å². The summed E-state index contributed by atoms with van der Waals surface area (Å²) in [6, 6.07) is 0. The molecule has 0 aromatic carbocycles. The summed E-state index contributed by atoms with van der Waals surface area (Å²) in [7, 11) is 5.47. The van der Waals surface area contributed by atoms with Gasteiger partial charge in [0.25, 0.3) is 0 Å². The largest absolute Gasteiger partial charge is 0.383 e. The van der Waals surface area contributed by atoms with Crippen LogP contribution in [-0.2, 0) is 16.0 Å². The van der Waals surface area contributed by atoms with Crippen molar-refractivity contribution in [2.45, 2.75) is 6.54 Å². The highest BCUT2D eigenvalue weighted by Crippen LogP contribution is 2.23. The van der Waals surface area contributed by atoms with Crippen LogP contribution in [0.15, 0.2) is 11.6 Å². The first-order chi connectivity index (χ1) is 9.77. The highest BCUT2D eigenvalue weighted by atomic mass is 32.1. The van der Waals surface area contributed by atoms with E-state index in [0.717, 1.165) is 30.4 Å². The van der Waals surface area contributed by atoms with Crippen molar-refractivity contribution >= 4 is 22.1 Å². The molecule has 0 aliphatic heterocycles. The summed E-state index contributed by atoms with van der Waals surface area (Å²) in [5.41, 5.74) is 1.18. The van der Waals surface area contributed by atoms with Crippen LogP contribution in [0.2, 0.25) is 0 Å². The summed E-state index contributed by atoms with van der Waals surface area (Å²) >= 11 is 1.65. The van der Waals surface area contributed by atoms with E-state index >= 15 is 0 Å². The van der Waals surface area contributed by atoms with Gasteiger partial charge in [-0.25, -0.2) is 4.98 Å². The summed E-state index contributed by atoms with van der Waals surface area (Å²) < 4.78 is 12.3. The van der Waals surface area contributed by atoms with Gasteiger partial charge in [-0.3, -0.25) is 4.40 Å². The fraction of sp³-hybridized carbons (Fsp3) is 0.615. The van der Waals surface area contributed by atoms with Crippen molar-refractivity contribution in [3.05, 3.63) is 17.3 Å². The second kappa shape index (κ2) is 7.58. The Balaban J connectivity index is 2.12. The lowest BCUT2D eigenvalue weighted by Crippen LogP contribution is -2.26. The Morgan fingerprint density at radius 3 is 2.90 bits per heavy atom. The Kier molecular flexibility index (Phi) is 5.78. The first-order valence-electron chi connectivity index (χ1n) is 6.62. The topological polar surface area (TPSA) is 51.0 Å². The summed E-state index contributed by atoms with van der Waals surface area (Å²) in [6.07, 6.45) is 2.06. The summed E-state index contributed by atoms with van der Waals surface area (Å²) in [6.45, 7) is 3.83. The molecule has 2 aromatic rings. The molecule has 0 amide bonds. The van der Waals surface area contributed by atoms with E-state index in [1.165, 1.54) is 5.69 Å². The van der Waals surface area contributed by atoms with Gasteiger partial charge >= 0.3 is 0 Å². The van der Waals surface area contributed by atoms with Crippen molar-refractivity contribution in [1.29, 1.82) is 0 Å². The number of nitrogens with zero attached hydrogens (tertiary/aromatic N) is 3. The fourth-order valence-electron chi connectivity index (χ4n) is 2.01. The second-order valence-electron chi connectivity index (χ2n) is 4.52. The number of imidazole rings is 1. The predicted molar refractivity (Wildman–Crippen MR) is 81.8 cm³/mol. The molecule has 2 aromatic heterocycles. The van der Waals surface area contributed by atoms with E-state index in [0.29, 0.717) is 13.2 Å². The minimum Gasteiger partial charge on any atom is -0.383 e. The Hall–Kier alpha value is -1.15. The van der Waals surface area contributed by atoms with E-state index in [4.69, 9.17) is 14.5 Å². The van der Waals surface area contributed by atoms with E-state index in [1.54, 1.807) is 25.6 Å².